The number of likely N-dealkylation sites (N-methyl/N-ethyl adjacent to an activating group) is 1. The number of likely N-dealkylation sites (tertiary alicyclic amines) is 1. The predicted octanol–water partition coefficient (Wildman–Crippen LogP) is 1.45. The van der Waals surface area contributed by atoms with Crippen molar-refractivity contribution < 1.29 is 20.1 Å². The number of carbonyl (C=O) groups is 1. The fourth-order valence-corrected chi connectivity index (χ4v) is 6.21. The van der Waals surface area contributed by atoms with Crippen LogP contribution in [0.2, 0.25) is 0 Å². The van der Waals surface area contributed by atoms with E-state index in [1.54, 1.807) is 6.07 Å². The minimum atomic E-state index is -1.10. The Balaban J connectivity index is 2.07. The second-order valence-corrected chi connectivity index (χ2v) is 8.06. The zero-order valence-electron chi connectivity index (χ0n) is 12.9. The average Bonchev–Trinajstić information content (AvgIpc) is 2.51. The molecule has 1 saturated heterocycles. The topological polar surface area (TPSA) is 81.0 Å². The Bertz CT molecular complexity index is 708. The van der Waals surface area contributed by atoms with Crippen molar-refractivity contribution in [2.24, 2.45) is 0 Å². The molecule has 3 aliphatic rings. The Labute approximate surface area is 143 Å². The quantitative estimate of drug-likeness (QED) is 0.468. The van der Waals surface area contributed by atoms with Crippen LogP contribution in [0.5, 0.6) is 11.5 Å². The highest BCUT2D eigenvalue weighted by Crippen LogP contribution is 2.61. The minimum absolute atomic E-state index is 0.0496. The lowest BCUT2D eigenvalue weighted by molar-refractivity contribution is -0.166. The van der Waals surface area contributed by atoms with Crippen LogP contribution < -0.4 is 0 Å². The highest BCUT2D eigenvalue weighted by atomic mass is 79.9. The number of aromatic hydroxyl groups is 2. The fourth-order valence-electron chi connectivity index (χ4n) is 5.13. The Hall–Kier alpha value is -1.11. The van der Waals surface area contributed by atoms with E-state index in [1.165, 1.54) is 6.07 Å². The van der Waals surface area contributed by atoms with Gasteiger partial charge in [-0.25, -0.2) is 0 Å². The maximum atomic E-state index is 12.5. The van der Waals surface area contributed by atoms with Crippen LogP contribution in [0.3, 0.4) is 0 Å². The van der Waals surface area contributed by atoms with Gasteiger partial charge < -0.3 is 20.2 Å². The SMILES string of the molecule is CN1CC[C@]23c4c(ccc(O)c4O)C[C@H]1[C@]2(O)CCC(=O)C3Br. The van der Waals surface area contributed by atoms with Gasteiger partial charge in [0.1, 0.15) is 5.78 Å². The van der Waals surface area contributed by atoms with Crippen molar-refractivity contribution in [3.8, 4) is 11.5 Å². The van der Waals surface area contributed by atoms with E-state index in [2.05, 4.69) is 20.8 Å². The van der Waals surface area contributed by atoms with Gasteiger partial charge in [-0.1, -0.05) is 22.0 Å². The van der Waals surface area contributed by atoms with Crippen molar-refractivity contribution in [3.05, 3.63) is 23.3 Å². The molecule has 2 bridgehead atoms. The van der Waals surface area contributed by atoms with Crippen molar-refractivity contribution in [1.82, 2.24) is 4.90 Å². The Morgan fingerprint density at radius 1 is 1.30 bits per heavy atom. The van der Waals surface area contributed by atoms with E-state index >= 15 is 0 Å². The summed E-state index contributed by atoms with van der Waals surface area (Å²) in [5.41, 5.74) is -0.532. The van der Waals surface area contributed by atoms with Gasteiger partial charge >= 0.3 is 0 Å². The summed E-state index contributed by atoms with van der Waals surface area (Å²) in [6.07, 6.45) is 1.87. The molecular formula is C17H20BrNO4. The number of alkyl halides is 1. The standard InChI is InChI=1S/C17H20BrNO4/c1-19-7-6-16-13-9(2-3-10(20)14(13)22)8-12(19)17(16,23)5-4-11(21)15(16)18/h2-3,12,15,20,22-23H,4-8H2,1H3/t12-,15?,16+,17+/m0/s1. The first-order valence-electron chi connectivity index (χ1n) is 7.96. The molecule has 1 aliphatic heterocycles. The molecule has 23 heavy (non-hydrogen) atoms. The zero-order valence-corrected chi connectivity index (χ0v) is 14.5. The third-order valence-corrected chi connectivity index (χ3v) is 7.58. The smallest absolute Gasteiger partial charge is 0.161 e. The summed E-state index contributed by atoms with van der Waals surface area (Å²) in [6.45, 7) is 0.733. The third kappa shape index (κ3) is 1.67. The molecule has 4 rings (SSSR count). The molecule has 2 aliphatic carbocycles. The normalized spacial score (nSPS) is 39.7. The number of benzene rings is 1. The number of aliphatic hydroxyl groups is 1. The lowest BCUT2D eigenvalue weighted by Crippen LogP contribution is -2.75. The number of fused-ring (bicyclic) bond motifs is 1. The van der Waals surface area contributed by atoms with Gasteiger partial charge in [0.2, 0.25) is 0 Å². The molecule has 124 valence electrons. The molecule has 5 nitrogen and oxygen atoms in total. The predicted molar refractivity (Wildman–Crippen MR) is 88.1 cm³/mol. The summed E-state index contributed by atoms with van der Waals surface area (Å²) in [5, 5.41) is 32.2. The Morgan fingerprint density at radius 2 is 2.04 bits per heavy atom. The van der Waals surface area contributed by atoms with Gasteiger partial charge in [0, 0.05) is 18.0 Å². The minimum Gasteiger partial charge on any atom is -0.504 e. The molecule has 1 aromatic carbocycles. The van der Waals surface area contributed by atoms with Crippen LogP contribution in [-0.4, -0.2) is 56.1 Å². The lowest BCUT2D eigenvalue weighted by atomic mass is 9.49. The highest BCUT2D eigenvalue weighted by molar-refractivity contribution is 9.10. The second-order valence-electron chi connectivity index (χ2n) is 7.14. The molecule has 0 aromatic heterocycles. The fraction of sp³-hybridized carbons (Fsp3) is 0.588. The molecule has 0 spiro atoms. The van der Waals surface area contributed by atoms with Gasteiger partial charge in [-0.3, -0.25) is 4.79 Å². The van der Waals surface area contributed by atoms with Crippen molar-refractivity contribution in [2.45, 2.75) is 47.6 Å². The van der Waals surface area contributed by atoms with Crippen molar-refractivity contribution >= 4 is 21.7 Å². The number of halogens is 1. The van der Waals surface area contributed by atoms with Crippen LogP contribution in [0.15, 0.2) is 12.1 Å². The summed E-state index contributed by atoms with van der Waals surface area (Å²) in [5.74, 6) is -0.341. The molecule has 1 aromatic rings. The zero-order chi connectivity index (χ0) is 16.6. The maximum Gasteiger partial charge on any atom is 0.161 e. The number of hydrogen-bond donors (Lipinski definition) is 3. The van der Waals surface area contributed by atoms with Crippen LogP contribution in [0.1, 0.15) is 30.4 Å². The largest absolute Gasteiger partial charge is 0.504 e. The molecule has 1 heterocycles. The monoisotopic (exact) mass is 381 g/mol. The number of carbonyl (C=O) groups excluding carboxylic acids is 1. The molecule has 1 saturated carbocycles. The molecule has 0 radical (unpaired) electrons. The Morgan fingerprint density at radius 3 is 2.78 bits per heavy atom. The van der Waals surface area contributed by atoms with Crippen LogP contribution in [-0.2, 0) is 16.6 Å². The van der Waals surface area contributed by atoms with E-state index in [0.717, 1.165) is 12.1 Å². The van der Waals surface area contributed by atoms with Gasteiger partial charge in [0.25, 0.3) is 0 Å². The number of ketones is 1. The molecule has 3 N–H and O–H groups in total. The van der Waals surface area contributed by atoms with Crippen LogP contribution in [0, 0.1) is 0 Å². The van der Waals surface area contributed by atoms with Crippen LogP contribution >= 0.6 is 15.9 Å². The molecule has 2 fully saturated rings. The molecule has 4 atom stereocenters. The number of nitrogens with zero attached hydrogens (tertiary/aromatic N) is 1. The van der Waals surface area contributed by atoms with E-state index in [0.29, 0.717) is 31.2 Å². The second kappa shape index (κ2) is 4.71. The molecule has 0 amide bonds. The average molecular weight is 382 g/mol. The van der Waals surface area contributed by atoms with Gasteiger partial charge in [-0.2, -0.15) is 0 Å². The molecular weight excluding hydrogens is 362 g/mol. The van der Waals surface area contributed by atoms with E-state index in [-0.39, 0.29) is 23.3 Å². The van der Waals surface area contributed by atoms with Gasteiger partial charge in [-0.05, 0) is 44.5 Å². The summed E-state index contributed by atoms with van der Waals surface area (Å²) in [7, 11) is 2.00. The summed E-state index contributed by atoms with van der Waals surface area (Å²) in [6, 6.07) is 3.19. The maximum absolute atomic E-state index is 12.5. The third-order valence-electron chi connectivity index (χ3n) is 6.28. The van der Waals surface area contributed by atoms with Crippen LogP contribution in [0.4, 0.5) is 0 Å². The summed E-state index contributed by atoms with van der Waals surface area (Å²) < 4.78 is 0. The van der Waals surface area contributed by atoms with Crippen LogP contribution in [0.25, 0.3) is 0 Å². The first kappa shape index (κ1) is 15.4. The summed E-state index contributed by atoms with van der Waals surface area (Å²) >= 11 is 3.54. The van der Waals surface area contributed by atoms with E-state index in [1.807, 2.05) is 7.05 Å². The lowest BCUT2D eigenvalue weighted by Gasteiger charge is -2.64. The number of Topliss-reactive ketones (excluding diaryl/α,β-unsaturated/α-hetero) is 1. The van der Waals surface area contributed by atoms with E-state index in [4.69, 9.17) is 0 Å². The molecule has 6 heteroatoms. The number of phenolic OH excluding ortho intramolecular Hbond substituents is 2. The number of rotatable bonds is 0. The van der Waals surface area contributed by atoms with Gasteiger partial charge in [0.15, 0.2) is 11.5 Å². The first-order chi connectivity index (χ1) is 10.8. The number of hydrogen-bond acceptors (Lipinski definition) is 5. The molecule has 1 unspecified atom stereocenters. The summed E-state index contributed by atoms with van der Waals surface area (Å²) in [4.78, 5) is 14.1. The van der Waals surface area contributed by atoms with Crippen molar-refractivity contribution in [2.75, 3.05) is 13.6 Å². The first-order valence-corrected chi connectivity index (χ1v) is 8.88. The van der Waals surface area contributed by atoms with E-state index in [9.17, 15) is 20.1 Å². The Kier molecular flexibility index (Phi) is 3.16. The van der Waals surface area contributed by atoms with Crippen molar-refractivity contribution in [1.29, 1.82) is 0 Å². The number of phenols is 2. The van der Waals surface area contributed by atoms with Gasteiger partial charge in [0.05, 0.1) is 15.8 Å². The van der Waals surface area contributed by atoms with Gasteiger partial charge in [-0.15, -0.1) is 0 Å². The number of piperidine rings is 1. The highest BCUT2D eigenvalue weighted by Gasteiger charge is 2.68. The van der Waals surface area contributed by atoms with E-state index < -0.39 is 15.8 Å². The van der Waals surface area contributed by atoms with Crippen molar-refractivity contribution in [3.63, 3.8) is 0 Å².